The Hall–Kier alpha value is -0.873. The van der Waals surface area contributed by atoms with Gasteiger partial charge in [0.1, 0.15) is 0 Å². The highest BCUT2D eigenvalue weighted by Crippen LogP contribution is 2.38. The van der Waals surface area contributed by atoms with Gasteiger partial charge in [-0.05, 0) is 43.1 Å². The Labute approximate surface area is 130 Å². The van der Waals surface area contributed by atoms with Crippen molar-refractivity contribution in [1.29, 1.82) is 0 Å². The van der Waals surface area contributed by atoms with Crippen LogP contribution in [0, 0.1) is 0 Å². The van der Waals surface area contributed by atoms with E-state index in [1.165, 1.54) is 25.0 Å². The van der Waals surface area contributed by atoms with E-state index in [1.807, 2.05) is 0 Å². The SMILES string of the molecule is COc1nc(C2CCC2)ccc1CO[Si](C)(C)C(C)(C)C. The number of aromatic nitrogens is 1. The zero-order chi connectivity index (χ0) is 15.7. The maximum atomic E-state index is 6.28. The highest BCUT2D eigenvalue weighted by molar-refractivity contribution is 6.74. The van der Waals surface area contributed by atoms with Gasteiger partial charge in [0, 0.05) is 17.2 Å². The fourth-order valence-electron chi connectivity index (χ4n) is 2.18. The van der Waals surface area contributed by atoms with Crippen LogP contribution < -0.4 is 4.74 Å². The standard InChI is InChI=1S/C17H29NO2Si/c1-17(2,3)21(5,6)20-12-14-10-11-15(13-8-7-9-13)18-16(14)19-4/h10-11,13H,7-9,12H2,1-6H3. The first-order valence-electron chi connectivity index (χ1n) is 7.92. The van der Waals surface area contributed by atoms with Gasteiger partial charge in [0.2, 0.25) is 5.88 Å². The summed E-state index contributed by atoms with van der Waals surface area (Å²) in [6.07, 6.45) is 3.84. The molecular weight excluding hydrogens is 278 g/mol. The Morgan fingerprint density at radius 1 is 1.24 bits per heavy atom. The third-order valence-electron chi connectivity index (χ3n) is 5.07. The van der Waals surface area contributed by atoms with Crippen molar-refractivity contribution in [1.82, 2.24) is 4.98 Å². The lowest BCUT2D eigenvalue weighted by atomic mass is 9.82. The second-order valence-corrected chi connectivity index (χ2v) is 12.4. The molecule has 0 atom stereocenters. The molecule has 0 amide bonds. The Kier molecular flexibility index (Phi) is 4.78. The summed E-state index contributed by atoms with van der Waals surface area (Å²) < 4.78 is 11.8. The summed E-state index contributed by atoms with van der Waals surface area (Å²) in [6, 6.07) is 4.28. The van der Waals surface area contributed by atoms with E-state index >= 15 is 0 Å². The van der Waals surface area contributed by atoms with Crippen LogP contribution in [0.25, 0.3) is 0 Å². The van der Waals surface area contributed by atoms with Gasteiger partial charge in [0.05, 0.1) is 13.7 Å². The normalized spacial score (nSPS) is 16.7. The monoisotopic (exact) mass is 307 g/mol. The Morgan fingerprint density at radius 2 is 1.90 bits per heavy atom. The molecule has 0 unspecified atom stereocenters. The molecule has 0 spiro atoms. The first kappa shape index (κ1) is 16.5. The number of pyridine rings is 1. The van der Waals surface area contributed by atoms with Crippen LogP contribution in [0.2, 0.25) is 18.1 Å². The molecule has 0 aliphatic heterocycles. The van der Waals surface area contributed by atoms with Gasteiger partial charge >= 0.3 is 0 Å². The fourth-order valence-corrected chi connectivity index (χ4v) is 3.13. The molecular formula is C17H29NO2Si. The third-order valence-corrected chi connectivity index (χ3v) is 9.55. The van der Waals surface area contributed by atoms with Crippen molar-refractivity contribution in [2.45, 2.75) is 70.7 Å². The summed E-state index contributed by atoms with van der Waals surface area (Å²) in [5.41, 5.74) is 2.24. The number of ether oxygens (including phenoxy) is 1. The molecule has 0 N–H and O–H groups in total. The summed E-state index contributed by atoms with van der Waals surface area (Å²) in [5.74, 6) is 1.37. The fraction of sp³-hybridized carbons (Fsp3) is 0.706. The van der Waals surface area contributed by atoms with Gasteiger partial charge in [-0.1, -0.05) is 27.2 Å². The maximum Gasteiger partial charge on any atom is 0.218 e. The van der Waals surface area contributed by atoms with Gasteiger partial charge in [-0.3, -0.25) is 0 Å². The predicted molar refractivity (Wildman–Crippen MR) is 89.4 cm³/mol. The van der Waals surface area contributed by atoms with Crippen LogP contribution in [-0.4, -0.2) is 20.4 Å². The van der Waals surface area contributed by atoms with Crippen molar-refractivity contribution >= 4 is 8.32 Å². The molecule has 0 bridgehead atoms. The zero-order valence-electron chi connectivity index (χ0n) is 14.3. The summed E-state index contributed by atoms with van der Waals surface area (Å²) in [6.45, 7) is 11.9. The number of methoxy groups -OCH3 is 1. The zero-order valence-corrected chi connectivity index (χ0v) is 15.3. The van der Waals surface area contributed by atoms with E-state index in [2.05, 4.69) is 51.0 Å². The van der Waals surface area contributed by atoms with Crippen LogP contribution in [0.5, 0.6) is 5.88 Å². The number of nitrogens with zero attached hydrogens (tertiary/aromatic N) is 1. The molecule has 1 aliphatic carbocycles. The minimum Gasteiger partial charge on any atom is -0.481 e. The van der Waals surface area contributed by atoms with E-state index in [0.29, 0.717) is 12.5 Å². The van der Waals surface area contributed by atoms with Gasteiger partial charge in [0.25, 0.3) is 0 Å². The van der Waals surface area contributed by atoms with Gasteiger partial charge in [-0.25, -0.2) is 4.98 Å². The van der Waals surface area contributed by atoms with Crippen molar-refractivity contribution in [2.75, 3.05) is 7.11 Å². The lowest BCUT2D eigenvalue weighted by molar-refractivity contribution is 0.267. The highest BCUT2D eigenvalue weighted by atomic mass is 28.4. The molecule has 1 aromatic rings. The second kappa shape index (κ2) is 6.09. The van der Waals surface area contributed by atoms with Crippen LogP contribution in [0.3, 0.4) is 0 Å². The van der Waals surface area contributed by atoms with E-state index in [-0.39, 0.29) is 5.04 Å². The Morgan fingerprint density at radius 3 is 2.38 bits per heavy atom. The average Bonchev–Trinajstić information content (AvgIpc) is 2.33. The van der Waals surface area contributed by atoms with Crippen LogP contribution in [-0.2, 0) is 11.0 Å². The van der Waals surface area contributed by atoms with Crippen LogP contribution in [0.15, 0.2) is 12.1 Å². The molecule has 4 heteroatoms. The summed E-state index contributed by atoms with van der Waals surface area (Å²) >= 11 is 0. The topological polar surface area (TPSA) is 31.4 Å². The summed E-state index contributed by atoms with van der Waals surface area (Å²) in [7, 11) is -0.0407. The molecule has 1 saturated carbocycles. The third kappa shape index (κ3) is 3.66. The van der Waals surface area contributed by atoms with E-state index in [0.717, 1.165) is 11.4 Å². The van der Waals surface area contributed by atoms with Crippen LogP contribution in [0.1, 0.15) is 57.2 Å². The Bertz CT molecular complexity index is 490. The minimum atomic E-state index is -1.74. The minimum absolute atomic E-state index is 0.222. The van der Waals surface area contributed by atoms with Crippen LogP contribution >= 0.6 is 0 Å². The number of hydrogen-bond acceptors (Lipinski definition) is 3. The van der Waals surface area contributed by atoms with Gasteiger partial charge < -0.3 is 9.16 Å². The van der Waals surface area contributed by atoms with Crippen molar-refractivity contribution in [3.05, 3.63) is 23.4 Å². The molecule has 1 fully saturated rings. The first-order chi connectivity index (χ1) is 9.74. The first-order valence-corrected chi connectivity index (χ1v) is 10.8. The van der Waals surface area contributed by atoms with Crippen molar-refractivity contribution in [3.8, 4) is 5.88 Å². The molecule has 0 aromatic carbocycles. The summed E-state index contributed by atoms with van der Waals surface area (Å²) in [4.78, 5) is 4.69. The van der Waals surface area contributed by atoms with E-state index in [1.54, 1.807) is 7.11 Å². The molecule has 1 aromatic heterocycles. The van der Waals surface area contributed by atoms with Crippen LogP contribution in [0.4, 0.5) is 0 Å². The molecule has 3 nitrogen and oxygen atoms in total. The quantitative estimate of drug-likeness (QED) is 0.727. The highest BCUT2D eigenvalue weighted by Gasteiger charge is 2.37. The lowest BCUT2D eigenvalue weighted by Gasteiger charge is -2.36. The molecule has 0 saturated heterocycles. The number of rotatable bonds is 5. The largest absolute Gasteiger partial charge is 0.481 e. The van der Waals surface area contributed by atoms with E-state index in [9.17, 15) is 0 Å². The summed E-state index contributed by atoms with van der Waals surface area (Å²) in [5, 5.41) is 0.222. The smallest absolute Gasteiger partial charge is 0.218 e. The van der Waals surface area contributed by atoms with Gasteiger partial charge in [-0.2, -0.15) is 0 Å². The molecule has 118 valence electrons. The van der Waals surface area contributed by atoms with Crippen molar-refractivity contribution < 1.29 is 9.16 Å². The molecule has 2 rings (SSSR count). The average molecular weight is 308 g/mol. The molecule has 21 heavy (non-hydrogen) atoms. The molecule has 1 aliphatic rings. The van der Waals surface area contributed by atoms with E-state index < -0.39 is 8.32 Å². The van der Waals surface area contributed by atoms with Gasteiger partial charge in [-0.15, -0.1) is 0 Å². The Balaban J connectivity index is 2.09. The molecule has 0 radical (unpaired) electrons. The number of hydrogen-bond donors (Lipinski definition) is 0. The second-order valence-electron chi connectivity index (χ2n) is 7.58. The molecule has 1 heterocycles. The van der Waals surface area contributed by atoms with Gasteiger partial charge in [0.15, 0.2) is 8.32 Å². The lowest BCUT2D eigenvalue weighted by Crippen LogP contribution is -2.40. The van der Waals surface area contributed by atoms with E-state index in [4.69, 9.17) is 9.16 Å². The maximum absolute atomic E-state index is 6.28. The van der Waals surface area contributed by atoms with Crippen molar-refractivity contribution in [2.24, 2.45) is 0 Å². The predicted octanol–water partition coefficient (Wildman–Crippen LogP) is 4.88. The van der Waals surface area contributed by atoms with Crippen molar-refractivity contribution in [3.63, 3.8) is 0 Å².